The number of ether oxygens (including phenoxy) is 1. The molecule has 2 aromatic rings. The van der Waals surface area contributed by atoms with Gasteiger partial charge in [-0.3, -0.25) is 0 Å². The Hall–Kier alpha value is -1.26. The molecule has 4 nitrogen and oxygen atoms in total. The fourth-order valence-electron chi connectivity index (χ4n) is 1.95. The van der Waals surface area contributed by atoms with E-state index in [9.17, 15) is 0 Å². The molecule has 0 atom stereocenters. The van der Waals surface area contributed by atoms with E-state index < -0.39 is 0 Å². The number of aromatic nitrogens is 1. The van der Waals surface area contributed by atoms with Crippen molar-refractivity contribution in [1.29, 1.82) is 0 Å². The summed E-state index contributed by atoms with van der Waals surface area (Å²) < 4.78 is 10.8. The highest BCUT2D eigenvalue weighted by Gasteiger charge is 2.17. The van der Waals surface area contributed by atoms with E-state index in [4.69, 9.17) is 20.8 Å². The molecule has 1 fully saturated rings. The summed E-state index contributed by atoms with van der Waals surface area (Å²) in [4.78, 5) is 6.42. The van der Waals surface area contributed by atoms with E-state index >= 15 is 0 Å². The largest absolute Gasteiger partial charge is 0.460 e. The topological polar surface area (TPSA) is 38.5 Å². The molecule has 1 aliphatic heterocycles. The van der Waals surface area contributed by atoms with Gasteiger partial charge in [0.2, 0.25) is 0 Å². The maximum Gasteiger partial charge on any atom is 0.175 e. The first-order valence-corrected chi connectivity index (χ1v) is 5.59. The molecule has 3 rings (SSSR count). The van der Waals surface area contributed by atoms with E-state index in [0.717, 1.165) is 43.1 Å². The number of rotatable bonds is 1. The van der Waals surface area contributed by atoms with Crippen molar-refractivity contribution in [3.05, 3.63) is 23.5 Å². The molecule has 1 aliphatic rings. The van der Waals surface area contributed by atoms with Crippen LogP contribution >= 0.6 is 11.6 Å². The summed E-state index contributed by atoms with van der Waals surface area (Å²) in [5, 5.41) is 0.496. The zero-order valence-corrected chi connectivity index (χ0v) is 9.41. The van der Waals surface area contributed by atoms with Gasteiger partial charge in [-0.1, -0.05) is 11.6 Å². The van der Waals surface area contributed by atoms with Crippen LogP contribution in [0.4, 0.5) is 5.69 Å². The third-order valence-electron chi connectivity index (χ3n) is 2.71. The first-order valence-electron chi connectivity index (χ1n) is 5.21. The zero-order chi connectivity index (χ0) is 11.0. The van der Waals surface area contributed by atoms with Crippen LogP contribution in [0, 0.1) is 0 Å². The Bertz CT molecular complexity index is 506. The van der Waals surface area contributed by atoms with E-state index in [-0.39, 0.29) is 0 Å². The van der Waals surface area contributed by atoms with Gasteiger partial charge in [0, 0.05) is 25.2 Å². The van der Waals surface area contributed by atoms with Gasteiger partial charge in [0.05, 0.1) is 25.2 Å². The van der Waals surface area contributed by atoms with Crippen molar-refractivity contribution in [3.8, 4) is 0 Å². The fourth-order valence-corrected chi connectivity index (χ4v) is 2.14. The van der Waals surface area contributed by atoms with Crippen molar-refractivity contribution >= 4 is 28.4 Å². The van der Waals surface area contributed by atoms with Gasteiger partial charge in [-0.15, -0.1) is 0 Å². The van der Waals surface area contributed by atoms with Crippen LogP contribution in [0.1, 0.15) is 0 Å². The van der Waals surface area contributed by atoms with E-state index in [0.29, 0.717) is 5.15 Å². The van der Waals surface area contributed by atoms with Gasteiger partial charge in [0.15, 0.2) is 5.58 Å². The Morgan fingerprint density at radius 1 is 1.31 bits per heavy atom. The lowest BCUT2D eigenvalue weighted by atomic mass is 10.3. The van der Waals surface area contributed by atoms with Crippen LogP contribution in [-0.2, 0) is 4.74 Å². The number of furan rings is 1. The third-order valence-corrected chi connectivity index (χ3v) is 2.91. The molecule has 0 N–H and O–H groups in total. The van der Waals surface area contributed by atoms with E-state index in [1.165, 1.54) is 0 Å². The summed E-state index contributed by atoms with van der Waals surface area (Å²) >= 11 is 5.99. The fraction of sp³-hybridized carbons (Fsp3) is 0.364. The standard InChI is InChI=1S/C11H11ClN2O2/c12-10-7-9(14-2-5-15-6-3-14)11-8(13-10)1-4-16-11/h1,4,7H,2-3,5-6H2. The quantitative estimate of drug-likeness (QED) is 0.715. The zero-order valence-electron chi connectivity index (χ0n) is 8.65. The van der Waals surface area contributed by atoms with Gasteiger partial charge in [0.1, 0.15) is 10.7 Å². The first-order chi connectivity index (χ1) is 7.84. The smallest absolute Gasteiger partial charge is 0.175 e. The number of morpholine rings is 1. The van der Waals surface area contributed by atoms with Crippen molar-refractivity contribution in [2.45, 2.75) is 0 Å². The number of pyridine rings is 1. The molecular weight excluding hydrogens is 228 g/mol. The Balaban J connectivity index is 2.09. The Kier molecular flexibility index (Phi) is 2.46. The minimum atomic E-state index is 0.496. The first kappa shape index (κ1) is 9.93. The average molecular weight is 239 g/mol. The number of hydrogen-bond donors (Lipinski definition) is 0. The summed E-state index contributed by atoms with van der Waals surface area (Å²) in [6, 6.07) is 3.67. The maximum absolute atomic E-state index is 5.99. The third kappa shape index (κ3) is 1.64. The lowest BCUT2D eigenvalue weighted by Crippen LogP contribution is -2.36. The molecule has 84 valence electrons. The van der Waals surface area contributed by atoms with Gasteiger partial charge in [-0.05, 0) is 0 Å². The monoisotopic (exact) mass is 238 g/mol. The minimum absolute atomic E-state index is 0.496. The van der Waals surface area contributed by atoms with Crippen molar-refractivity contribution in [3.63, 3.8) is 0 Å². The van der Waals surface area contributed by atoms with Gasteiger partial charge in [-0.25, -0.2) is 4.98 Å². The molecule has 0 unspecified atom stereocenters. The predicted molar refractivity (Wildman–Crippen MR) is 62.1 cm³/mol. The Labute approximate surface area is 97.8 Å². The molecule has 0 aliphatic carbocycles. The van der Waals surface area contributed by atoms with Gasteiger partial charge < -0.3 is 14.1 Å². The molecule has 3 heterocycles. The summed E-state index contributed by atoms with van der Waals surface area (Å²) in [5.74, 6) is 0. The molecule has 0 aromatic carbocycles. The molecule has 0 bridgehead atoms. The van der Waals surface area contributed by atoms with Crippen LogP contribution in [0.5, 0.6) is 0 Å². The lowest BCUT2D eigenvalue weighted by molar-refractivity contribution is 0.122. The van der Waals surface area contributed by atoms with Crippen molar-refractivity contribution in [2.75, 3.05) is 31.2 Å². The molecule has 0 spiro atoms. The van der Waals surface area contributed by atoms with E-state index in [1.807, 2.05) is 12.1 Å². The second-order valence-electron chi connectivity index (χ2n) is 3.70. The lowest BCUT2D eigenvalue weighted by Gasteiger charge is -2.28. The summed E-state index contributed by atoms with van der Waals surface area (Å²) in [5.41, 5.74) is 2.60. The Morgan fingerprint density at radius 2 is 2.12 bits per heavy atom. The SMILES string of the molecule is Clc1cc(N2CCOCC2)c2occc2n1. The molecule has 16 heavy (non-hydrogen) atoms. The van der Waals surface area contributed by atoms with Gasteiger partial charge >= 0.3 is 0 Å². The van der Waals surface area contributed by atoms with Crippen LogP contribution in [0.2, 0.25) is 5.15 Å². The highest BCUT2D eigenvalue weighted by atomic mass is 35.5. The summed E-state index contributed by atoms with van der Waals surface area (Å²) in [6.07, 6.45) is 1.64. The van der Waals surface area contributed by atoms with Crippen molar-refractivity contribution in [2.24, 2.45) is 0 Å². The number of nitrogens with zero attached hydrogens (tertiary/aromatic N) is 2. The molecule has 0 amide bonds. The van der Waals surface area contributed by atoms with E-state index in [2.05, 4.69) is 9.88 Å². The molecule has 0 radical (unpaired) electrons. The highest BCUT2D eigenvalue weighted by molar-refractivity contribution is 6.30. The van der Waals surface area contributed by atoms with Crippen LogP contribution < -0.4 is 4.90 Å². The second kappa shape index (κ2) is 3.96. The maximum atomic E-state index is 5.99. The number of anilines is 1. The summed E-state index contributed by atoms with van der Waals surface area (Å²) in [6.45, 7) is 3.19. The van der Waals surface area contributed by atoms with Crippen LogP contribution in [0.3, 0.4) is 0 Å². The van der Waals surface area contributed by atoms with Crippen LogP contribution in [0.25, 0.3) is 11.1 Å². The second-order valence-corrected chi connectivity index (χ2v) is 4.09. The molecular formula is C11H11ClN2O2. The number of halogens is 1. The minimum Gasteiger partial charge on any atom is -0.460 e. The van der Waals surface area contributed by atoms with Gasteiger partial charge in [0.25, 0.3) is 0 Å². The average Bonchev–Trinajstić information content (AvgIpc) is 2.77. The van der Waals surface area contributed by atoms with Crippen LogP contribution in [-0.4, -0.2) is 31.3 Å². The predicted octanol–water partition coefficient (Wildman–Crippen LogP) is 2.32. The normalized spacial score (nSPS) is 16.9. The van der Waals surface area contributed by atoms with E-state index in [1.54, 1.807) is 6.26 Å². The van der Waals surface area contributed by atoms with Gasteiger partial charge in [-0.2, -0.15) is 0 Å². The summed E-state index contributed by atoms with van der Waals surface area (Å²) in [7, 11) is 0. The Morgan fingerprint density at radius 3 is 2.94 bits per heavy atom. The van der Waals surface area contributed by atoms with Crippen LogP contribution in [0.15, 0.2) is 22.8 Å². The molecule has 5 heteroatoms. The molecule has 1 saturated heterocycles. The number of fused-ring (bicyclic) bond motifs is 1. The van der Waals surface area contributed by atoms with Crippen molar-refractivity contribution in [1.82, 2.24) is 4.98 Å². The highest BCUT2D eigenvalue weighted by Crippen LogP contribution is 2.29. The van der Waals surface area contributed by atoms with Crippen molar-refractivity contribution < 1.29 is 9.15 Å². The molecule has 0 saturated carbocycles. The number of hydrogen-bond acceptors (Lipinski definition) is 4. The molecule has 2 aromatic heterocycles.